The van der Waals surface area contributed by atoms with Crippen LogP contribution in [0.5, 0.6) is 0 Å². The lowest BCUT2D eigenvalue weighted by Crippen LogP contribution is -2.37. The predicted octanol–water partition coefficient (Wildman–Crippen LogP) is 2.67. The highest BCUT2D eigenvalue weighted by Gasteiger charge is 2.25. The van der Waals surface area contributed by atoms with Gasteiger partial charge in [-0.3, -0.25) is 9.59 Å². The molecular formula is C20H25N3O5. The van der Waals surface area contributed by atoms with Gasteiger partial charge in [0.15, 0.2) is 12.4 Å². The highest BCUT2D eigenvalue weighted by molar-refractivity contribution is 5.96. The second-order valence-electron chi connectivity index (χ2n) is 6.90. The lowest BCUT2D eigenvalue weighted by atomic mass is 10.1. The van der Waals surface area contributed by atoms with Crippen molar-refractivity contribution >= 4 is 23.5 Å². The van der Waals surface area contributed by atoms with Crippen LogP contribution in [-0.4, -0.2) is 48.0 Å². The molecule has 2 rings (SSSR count). The number of hydrogen-bond acceptors (Lipinski definition) is 6. The molecule has 0 aliphatic rings. The fourth-order valence-corrected chi connectivity index (χ4v) is 2.48. The van der Waals surface area contributed by atoms with Crippen molar-refractivity contribution in [3.8, 4) is 0 Å². The molecule has 1 heterocycles. The van der Waals surface area contributed by atoms with Crippen LogP contribution in [-0.2, 0) is 14.3 Å². The highest BCUT2D eigenvalue weighted by atomic mass is 16.5. The molecule has 0 saturated heterocycles. The van der Waals surface area contributed by atoms with E-state index in [1.807, 2.05) is 32.9 Å². The maximum absolute atomic E-state index is 12.3. The van der Waals surface area contributed by atoms with Crippen molar-refractivity contribution in [2.45, 2.75) is 33.6 Å². The summed E-state index contributed by atoms with van der Waals surface area (Å²) in [6.07, 6.45) is 0. The van der Waals surface area contributed by atoms with Crippen LogP contribution in [0.1, 0.15) is 47.1 Å². The van der Waals surface area contributed by atoms with E-state index in [1.165, 1.54) is 11.9 Å². The largest absolute Gasteiger partial charge is 0.452 e. The summed E-state index contributed by atoms with van der Waals surface area (Å²) in [5, 5.41) is 6.49. The molecule has 0 aliphatic carbocycles. The molecule has 0 fully saturated rings. The fourth-order valence-electron chi connectivity index (χ4n) is 2.48. The Morgan fingerprint density at radius 3 is 2.43 bits per heavy atom. The van der Waals surface area contributed by atoms with E-state index < -0.39 is 18.5 Å². The van der Waals surface area contributed by atoms with Crippen LogP contribution in [0.25, 0.3) is 0 Å². The maximum atomic E-state index is 12.3. The van der Waals surface area contributed by atoms with E-state index in [0.717, 1.165) is 5.56 Å². The number of amides is 2. The molecule has 2 aromatic rings. The molecule has 0 bridgehead atoms. The maximum Gasteiger partial charge on any atom is 0.344 e. The Kier molecular flexibility index (Phi) is 6.92. The number of carbonyl (C=O) groups excluding carboxylic acids is 3. The molecule has 0 spiro atoms. The number of carbonyl (C=O) groups is 3. The molecule has 1 aromatic heterocycles. The fraction of sp³-hybridized carbons (Fsp3) is 0.400. The third-order valence-corrected chi connectivity index (χ3v) is 4.09. The second-order valence-corrected chi connectivity index (χ2v) is 6.90. The number of esters is 1. The van der Waals surface area contributed by atoms with Gasteiger partial charge in [0.25, 0.3) is 5.91 Å². The average Bonchev–Trinajstić information content (AvgIpc) is 3.03. The predicted molar refractivity (Wildman–Crippen MR) is 103 cm³/mol. The van der Waals surface area contributed by atoms with Gasteiger partial charge in [0.2, 0.25) is 5.91 Å². The molecule has 8 heteroatoms. The van der Waals surface area contributed by atoms with Gasteiger partial charge in [0, 0.05) is 18.7 Å². The Balaban J connectivity index is 1.87. The monoisotopic (exact) mass is 387 g/mol. The normalized spacial score (nSPS) is 10.6. The Labute approximate surface area is 163 Å². The standard InChI is InChI=1S/C20H25N3O5/c1-12(2)19-18(14(4)22-28-19)20(26)27-11-17(25)23(5)10-16(24)21-15-8-6-13(3)7-9-15/h6-9,12H,10-11H2,1-5H3,(H,21,24). The van der Waals surface area contributed by atoms with Crippen molar-refractivity contribution < 1.29 is 23.6 Å². The third kappa shape index (κ3) is 5.42. The van der Waals surface area contributed by atoms with Gasteiger partial charge in [-0.15, -0.1) is 0 Å². The Hall–Kier alpha value is -3.16. The van der Waals surface area contributed by atoms with Crippen molar-refractivity contribution in [2.75, 3.05) is 25.5 Å². The second kappa shape index (κ2) is 9.16. The molecule has 0 atom stereocenters. The number of aryl methyl sites for hydroxylation is 2. The van der Waals surface area contributed by atoms with Crippen LogP contribution in [0.3, 0.4) is 0 Å². The highest BCUT2D eigenvalue weighted by Crippen LogP contribution is 2.22. The zero-order valence-electron chi connectivity index (χ0n) is 16.7. The van der Waals surface area contributed by atoms with Crippen molar-refractivity contribution in [1.82, 2.24) is 10.1 Å². The zero-order valence-corrected chi connectivity index (χ0v) is 16.7. The summed E-state index contributed by atoms with van der Waals surface area (Å²) < 4.78 is 10.2. The first kappa shape index (κ1) is 21.1. The van der Waals surface area contributed by atoms with Gasteiger partial charge in [0.05, 0.1) is 12.2 Å². The lowest BCUT2D eigenvalue weighted by molar-refractivity contribution is -0.136. The average molecular weight is 387 g/mol. The number of rotatable bonds is 7. The molecule has 1 N–H and O–H groups in total. The molecule has 2 amide bonds. The molecule has 0 aliphatic heterocycles. The number of nitrogens with zero attached hydrogens (tertiary/aromatic N) is 2. The summed E-state index contributed by atoms with van der Waals surface area (Å²) in [7, 11) is 1.47. The minimum atomic E-state index is -0.673. The van der Waals surface area contributed by atoms with E-state index in [9.17, 15) is 14.4 Å². The van der Waals surface area contributed by atoms with Gasteiger partial charge in [-0.25, -0.2) is 4.79 Å². The molecule has 0 radical (unpaired) electrons. The molecule has 150 valence electrons. The topological polar surface area (TPSA) is 102 Å². The zero-order chi connectivity index (χ0) is 20.8. The van der Waals surface area contributed by atoms with E-state index in [1.54, 1.807) is 19.1 Å². The molecule has 0 saturated carbocycles. The number of benzene rings is 1. The summed E-state index contributed by atoms with van der Waals surface area (Å²) in [5.41, 5.74) is 2.37. The first-order valence-electron chi connectivity index (χ1n) is 8.92. The minimum absolute atomic E-state index is 0.0485. The van der Waals surface area contributed by atoms with Gasteiger partial charge in [-0.05, 0) is 26.0 Å². The number of anilines is 1. The summed E-state index contributed by atoms with van der Waals surface area (Å²) in [4.78, 5) is 37.7. The van der Waals surface area contributed by atoms with Crippen LogP contribution in [0.4, 0.5) is 5.69 Å². The van der Waals surface area contributed by atoms with Crippen LogP contribution >= 0.6 is 0 Å². The van der Waals surface area contributed by atoms with E-state index in [-0.39, 0.29) is 23.9 Å². The van der Waals surface area contributed by atoms with Crippen molar-refractivity contribution in [2.24, 2.45) is 0 Å². The van der Waals surface area contributed by atoms with Gasteiger partial charge in [-0.1, -0.05) is 36.7 Å². The smallest absolute Gasteiger partial charge is 0.344 e. The molecule has 0 unspecified atom stereocenters. The first-order valence-corrected chi connectivity index (χ1v) is 8.92. The molecular weight excluding hydrogens is 362 g/mol. The summed E-state index contributed by atoms with van der Waals surface area (Å²) in [6, 6.07) is 7.32. The van der Waals surface area contributed by atoms with E-state index in [4.69, 9.17) is 9.26 Å². The Morgan fingerprint density at radius 2 is 1.82 bits per heavy atom. The quantitative estimate of drug-likeness (QED) is 0.733. The van der Waals surface area contributed by atoms with Crippen LogP contribution in [0, 0.1) is 13.8 Å². The Bertz CT molecular complexity index is 855. The minimum Gasteiger partial charge on any atom is -0.452 e. The van der Waals surface area contributed by atoms with E-state index in [0.29, 0.717) is 17.1 Å². The number of likely N-dealkylation sites (N-methyl/N-ethyl adjacent to an activating group) is 1. The number of ether oxygens (including phenoxy) is 1. The summed E-state index contributed by atoms with van der Waals surface area (Å²) >= 11 is 0. The molecule has 8 nitrogen and oxygen atoms in total. The molecule has 1 aromatic carbocycles. The van der Waals surface area contributed by atoms with Crippen molar-refractivity contribution in [1.29, 1.82) is 0 Å². The van der Waals surface area contributed by atoms with Crippen LogP contribution in [0.15, 0.2) is 28.8 Å². The van der Waals surface area contributed by atoms with Gasteiger partial charge in [0.1, 0.15) is 5.56 Å². The van der Waals surface area contributed by atoms with Crippen LogP contribution < -0.4 is 5.32 Å². The van der Waals surface area contributed by atoms with Crippen LogP contribution in [0.2, 0.25) is 0 Å². The summed E-state index contributed by atoms with van der Waals surface area (Å²) in [6.45, 7) is 6.67. The van der Waals surface area contributed by atoms with Gasteiger partial charge >= 0.3 is 5.97 Å². The number of nitrogens with one attached hydrogen (secondary N) is 1. The van der Waals surface area contributed by atoms with Gasteiger partial charge < -0.3 is 19.5 Å². The molecule has 28 heavy (non-hydrogen) atoms. The number of hydrogen-bond donors (Lipinski definition) is 1. The van der Waals surface area contributed by atoms with Crippen molar-refractivity contribution in [3.05, 3.63) is 46.8 Å². The van der Waals surface area contributed by atoms with E-state index >= 15 is 0 Å². The van der Waals surface area contributed by atoms with Crippen molar-refractivity contribution in [3.63, 3.8) is 0 Å². The Morgan fingerprint density at radius 1 is 1.18 bits per heavy atom. The summed E-state index contributed by atoms with van der Waals surface area (Å²) in [5.74, 6) is -1.14. The third-order valence-electron chi connectivity index (χ3n) is 4.09. The lowest BCUT2D eigenvalue weighted by Gasteiger charge is -2.17. The number of aromatic nitrogens is 1. The van der Waals surface area contributed by atoms with Gasteiger partial charge in [-0.2, -0.15) is 0 Å². The SMILES string of the molecule is Cc1ccc(NC(=O)CN(C)C(=O)COC(=O)c2c(C)noc2C(C)C)cc1. The first-order chi connectivity index (χ1) is 13.2. The van der Waals surface area contributed by atoms with E-state index in [2.05, 4.69) is 10.5 Å².